The van der Waals surface area contributed by atoms with Crippen molar-refractivity contribution >= 4 is 0 Å². The van der Waals surface area contributed by atoms with E-state index >= 15 is 0 Å². The maximum absolute atomic E-state index is 3.56. The van der Waals surface area contributed by atoms with Gasteiger partial charge in [-0.05, 0) is 50.5 Å². The molecular weight excluding hydrogens is 326 g/mol. The first kappa shape index (κ1) is 26.7. The number of hydrogen-bond acceptors (Lipinski definition) is 1. The van der Waals surface area contributed by atoms with Gasteiger partial charge in [-0.25, -0.2) is 0 Å². The molecule has 27 heavy (non-hydrogen) atoms. The third-order valence-electron chi connectivity index (χ3n) is 5.94. The Morgan fingerprint density at radius 1 is 0.741 bits per heavy atom. The van der Waals surface area contributed by atoms with Crippen LogP contribution in [-0.4, -0.2) is 13.1 Å². The van der Waals surface area contributed by atoms with Gasteiger partial charge in [0.2, 0.25) is 0 Å². The molecule has 0 bridgehead atoms. The van der Waals surface area contributed by atoms with Gasteiger partial charge in [-0.2, -0.15) is 0 Å². The van der Waals surface area contributed by atoms with E-state index in [1.54, 1.807) is 5.57 Å². The first-order valence-corrected chi connectivity index (χ1v) is 12.3. The SMILES string of the molecule is CCCCCCNC/C=C(\C)CCCC(C)CCCC(C)CCCC(C)C. The molecule has 1 N–H and O–H groups in total. The highest BCUT2D eigenvalue weighted by molar-refractivity contribution is 4.98. The molecule has 0 amide bonds. The predicted molar refractivity (Wildman–Crippen MR) is 125 cm³/mol. The summed E-state index contributed by atoms with van der Waals surface area (Å²) < 4.78 is 0. The molecule has 0 saturated heterocycles. The molecule has 1 nitrogen and oxygen atoms in total. The molecule has 0 saturated carbocycles. The van der Waals surface area contributed by atoms with Crippen LogP contribution in [0.3, 0.4) is 0 Å². The van der Waals surface area contributed by atoms with Crippen molar-refractivity contribution in [2.45, 2.75) is 125 Å². The molecule has 0 spiro atoms. The molecule has 0 heterocycles. The lowest BCUT2D eigenvalue weighted by atomic mass is 9.91. The zero-order valence-electron chi connectivity index (χ0n) is 19.9. The van der Waals surface area contributed by atoms with Gasteiger partial charge < -0.3 is 5.32 Å². The van der Waals surface area contributed by atoms with Gasteiger partial charge in [0, 0.05) is 6.54 Å². The number of unbranched alkanes of at least 4 members (excludes halogenated alkanes) is 3. The van der Waals surface area contributed by atoms with Crippen LogP contribution in [0.2, 0.25) is 0 Å². The van der Waals surface area contributed by atoms with Crippen LogP contribution >= 0.6 is 0 Å². The lowest BCUT2D eigenvalue weighted by Crippen LogP contribution is -2.15. The first-order chi connectivity index (χ1) is 13.0. The predicted octanol–water partition coefficient (Wildman–Crippen LogP) is 8.54. The topological polar surface area (TPSA) is 12.0 Å². The number of hydrogen-bond donors (Lipinski definition) is 1. The first-order valence-electron chi connectivity index (χ1n) is 12.3. The second-order valence-electron chi connectivity index (χ2n) is 9.67. The Morgan fingerprint density at radius 3 is 1.93 bits per heavy atom. The van der Waals surface area contributed by atoms with Gasteiger partial charge in [0.15, 0.2) is 0 Å². The van der Waals surface area contributed by atoms with Crippen molar-refractivity contribution in [1.82, 2.24) is 5.32 Å². The minimum absolute atomic E-state index is 0.872. The molecule has 0 aromatic heterocycles. The van der Waals surface area contributed by atoms with E-state index < -0.39 is 0 Å². The monoisotopic (exact) mass is 379 g/mol. The summed E-state index contributed by atoms with van der Waals surface area (Å²) in [6, 6.07) is 0. The van der Waals surface area contributed by atoms with Crippen LogP contribution < -0.4 is 5.32 Å². The largest absolute Gasteiger partial charge is 0.313 e. The molecule has 0 fully saturated rings. The van der Waals surface area contributed by atoms with E-state index in [9.17, 15) is 0 Å². The molecule has 0 aromatic carbocycles. The van der Waals surface area contributed by atoms with Crippen LogP contribution in [0.4, 0.5) is 0 Å². The zero-order chi connectivity index (χ0) is 20.3. The van der Waals surface area contributed by atoms with Crippen LogP contribution in [0, 0.1) is 17.8 Å². The Bertz CT molecular complexity index is 331. The van der Waals surface area contributed by atoms with Gasteiger partial charge in [0.25, 0.3) is 0 Å². The van der Waals surface area contributed by atoms with E-state index in [0.29, 0.717) is 0 Å². The fraction of sp³-hybridized carbons (Fsp3) is 0.923. The minimum Gasteiger partial charge on any atom is -0.313 e. The van der Waals surface area contributed by atoms with Gasteiger partial charge in [-0.3, -0.25) is 0 Å². The van der Waals surface area contributed by atoms with Crippen LogP contribution in [0.15, 0.2) is 11.6 Å². The molecular formula is C26H53N. The Hall–Kier alpha value is -0.300. The molecule has 162 valence electrons. The van der Waals surface area contributed by atoms with Crippen LogP contribution in [0.25, 0.3) is 0 Å². The molecule has 1 heteroatoms. The Kier molecular flexibility index (Phi) is 18.8. The van der Waals surface area contributed by atoms with E-state index in [-0.39, 0.29) is 0 Å². The summed E-state index contributed by atoms with van der Waals surface area (Å²) in [6.07, 6.45) is 20.4. The van der Waals surface area contributed by atoms with Crippen molar-refractivity contribution in [3.8, 4) is 0 Å². The van der Waals surface area contributed by atoms with E-state index in [1.165, 1.54) is 90.0 Å². The average molecular weight is 380 g/mol. The minimum atomic E-state index is 0.872. The number of allylic oxidation sites excluding steroid dienone is 1. The van der Waals surface area contributed by atoms with Crippen molar-refractivity contribution in [1.29, 1.82) is 0 Å². The third-order valence-corrected chi connectivity index (χ3v) is 5.94. The highest BCUT2D eigenvalue weighted by atomic mass is 14.8. The van der Waals surface area contributed by atoms with E-state index in [0.717, 1.165) is 24.3 Å². The smallest absolute Gasteiger partial charge is 0.0137 e. The van der Waals surface area contributed by atoms with Gasteiger partial charge in [0.05, 0.1) is 0 Å². The Balaban J connectivity index is 3.55. The zero-order valence-corrected chi connectivity index (χ0v) is 19.9. The van der Waals surface area contributed by atoms with Crippen LogP contribution in [0.1, 0.15) is 125 Å². The average Bonchev–Trinajstić information content (AvgIpc) is 2.60. The molecule has 0 aliphatic heterocycles. The van der Waals surface area contributed by atoms with E-state index in [1.807, 2.05) is 0 Å². The van der Waals surface area contributed by atoms with Crippen molar-refractivity contribution in [2.75, 3.05) is 13.1 Å². The second kappa shape index (κ2) is 19.0. The summed E-state index contributed by atoms with van der Waals surface area (Å²) in [7, 11) is 0. The molecule has 0 aromatic rings. The molecule has 2 atom stereocenters. The quantitative estimate of drug-likeness (QED) is 0.175. The Labute approximate surface area is 173 Å². The maximum atomic E-state index is 3.56. The van der Waals surface area contributed by atoms with Gasteiger partial charge in [0.1, 0.15) is 0 Å². The number of nitrogens with one attached hydrogen (secondary N) is 1. The van der Waals surface area contributed by atoms with E-state index in [4.69, 9.17) is 0 Å². The maximum Gasteiger partial charge on any atom is 0.0137 e. The van der Waals surface area contributed by atoms with Gasteiger partial charge >= 0.3 is 0 Å². The molecule has 0 aliphatic carbocycles. The number of rotatable bonds is 19. The van der Waals surface area contributed by atoms with Crippen LogP contribution in [-0.2, 0) is 0 Å². The lowest BCUT2D eigenvalue weighted by Gasteiger charge is -2.15. The highest BCUT2D eigenvalue weighted by Gasteiger charge is 2.06. The normalized spacial score (nSPS) is 14.7. The van der Waals surface area contributed by atoms with Crippen molar-refractivity contribution in [2.24, 2.45) is 17.8 Å². The van der Waals surface area contributed by atoms with Crippen molar-refractivity contribution in [3.63, 3.8) is 0 Å². The standard InChI is InChI=1S/C26H53N/c1-7-8-9-10-21-27-22-20-26(6)19-13-18-25(5)17-12-16-24(4)15-11-14-23(2)3/h20,23-25,27H,7-19,21-22H2,1-6H3/b26-20+. The van der Waals surface area contributed by atoms with Gasteiger partial charge in [-0.15, -0.1) is 0 Å². The summed E-state index contributed by atoms with van der Waals surface area (Å²) in [5, 5.41) is 3.56. The lowest BCUT2D eigenvalue weighted by molar-refractivity contribution is 0.389. The summed E-state index contributed by atoms with van der Waals surface area (Å²) >= 11 is 0. The van der Waals surface area contributed by atoms with Crippen molar-refractivity contribution < 1.29 is 0 Å². The molecule has 0 aliphatic rings. The van der Waals surface area contributed by atoms with E-state index in [2.05, 4.69) is 52.9 Å². The fourth-order valence-electron chi connectivity index (χ4n) is 3.83. The van der Waals surface area contributed by atoms with Crippen molar-refractivity contribution in [3.05, 3.63) is 11.6 Å². The molecule has 2 unspecified atom stereocenters. The third kappa shape index (κ3) is 20.2. The summed E-state index contributed by atoms with van der Waals surface area (Å²) in [5.41, 5.74) is 1.57. The second-order valence-corrected chi connectivity index (χ2v) is 9.67. The summed E-state index contributed by atoms with van der Waals surface area (Å²) in [6.45, 7) is 16.4. The van der Waals surface area contributed by atoms with Gasteiger partial charge in [-0.1, -0.05) is 110 Å². The molecule has 0 rings (SSSR count). The summed E-state index contributed by atoms with van der Waals surface area (Å²) in [4.78, 5) is 0. The molecule has 0 radical (unpaired) electrons. The fourth-order valence-corrected chi connectivity index (χ4v) is 3.83. The Morgan fingerprint density at radius 2 is 1.33 bits per heavy atom. The summed E-state index contributed by atoms with van der Waals surface area (Å²) in [5.74, 6) is 2.70. The highest BCUT2D eigenvalue weighted by Crippen LogP contribution is 2.21. The van der Waals surface area contributed by atoms with Crippen LogP contribution in [0.5, 0.6) is 0 Å².